The monoisotopic (exact) mass is 558 g/mol. The molecule has 6 rings (SSSR count). The minimum atomic E-state index is -0.496. The van der Waals surface area contributed by atoms with Crippen molar-refractivity contribution >= 4 is 28.5 Å². The number of aromatic nitrogens is 4. The molecule has 0 radical (unpaired) electrons. The van der Waals surface area contributed by atoms with E-state index in [1.54, 1.807) is 30.6 Å². The first-order valence-corrected chi connectivity index (χ1v) is 14.1. The zero-order valence-electron chi connectivity index (χ0n) is 23.6. The van der Waals surface area contributed by atoms with Crippen molar-refractivity contribution < 1.29 is 19.0 Å². The number of benzene rings is 1. The molecule has 1 saturated heterocycles. The Morgan fingerprint density at radius 1 is 1.15 bits per heavy atom. The summed E-state index contributed by atoms with van der Waals surface area (Å²) < 4.78 is 22.1. The molecule has 2 fully saturated rings. The second kappa shape index (κ2) is 10.4. The molecular weight excluding hydrogens is 523 g/mol. The van der Waals surface area contributed by atoms with Crippen molar-refractivity contribution in [2.75, 3.05) is 18.4 Å². The molecule has 4 aromatic rings. The second-order valence-corrected chi connectivity index (χ2v) is 12.1. The maximum absolute atomic E-state index is 15.0. The smallest absolute Gasteiger partial charge is 0.410 e. The van der Waals surface area contributed by atoms with Crippen molar-refractivity contribution in [2.45, 2.75) is 64.1 Å². The molecule has 214 valence electrons. The van der Waals surface area contributed by atoms with Crippen LogP contribution in [0.4, 0.5) is 20.7 Å². The van der Waals surface area contributed by atoms with Crippen LogP contribution in [0.2, 0.25) is 0 Å². The highest BCUT2D eigenvalue weighted by atomic mass is 19.1. The number of ether oxygens (including phenoxy) is 1. The fraction of sp³-hybridized carbons (Fsp3) is 0.419. The lowest BCUT2D eigenvalue weighted by Gasteiger charge is -2.37. The maximum Gasteiger partial charge on any atom is 0.410 e. The highest BCUT2D eigenvalue weighted by molar-refractivity contribution is 5.81. The van der Waals surface area contributed by atoms with E-state index in [0.717, 1.165) is 42.3 Å². The first-order chi connectivity index (χ1) is 19.6. The van der Waals surface area contributed by atoms with Crippen LogP contribution in [0.1, 0.15) is 57.8 Å². The van der Waals surface area contributed by atoms with Gasteiger partial charge in [0.2, 0.25) is 0 Å². The van der Waals surface area contributed by atoms with Crippen molar-refractivity contribution in [2.24, 2.45) is 5.92 Å². The number of amides is 1. The topological polar surface area (TPSA) is 105 Å². The molecule has 0 unspecified atom stereocenters. The summed E-state index contributed by atoms with van der Waals surface area (Å²) >= 11 is 0. The van der Waals surface area contributed by atoms with Gasteiger partial charge in [0.15, 0.2) is 0 Å². The lowest BCUT2D eigenvalue weighted by molar-refractivity contribution is 0.0168. The number of hydrogen-bond acceptors (Lipinski definition) is 7. The van der Waals surface area contributed by atoms with E-state index >= 15 is 0 Å². The first kappa shape index (κ1) is 27.1. The minimum absolute atomic E-state index is 0.0371. The average Bonchev–Trinajstić information content (AvgIpc) is 3.62. The number of hydrogen-bond donors (Lipinski definition) is 2. The van der Waals surface area contributed by atoms with Gasteiger partial charge < -0.3 is 20.1 Å². The summed E-state index contributed by atoms with van der Waals surface area (Å²) in [5, 5.41) is 17.5. The van der Waals surface area contributed by atoms with Crippen LogP contribution < -0.4 is 5.32 Å². The molecule has 1 aliphatic carbocycles. The number of aliphatic hydroxyl groups excluding tert-OH is 1. The van der Waals surface area contributed by atoms with Gasteiger partial charge in [-0.05, 0) is 82.7 Å². The third-order valence-corrected chi connectivity index (χ3v) is 8.09. The third kappa shape index (κ3) is 5.61. The second-order valence-electron chi connectivity index (χ2n) is 12.1. The van der Waals surface area contributed by atoms with Crippen LogP contribution in [0.3, 0.4) is 0 Å². The number of likely N-dealkylation sites (tertiary alicyclic amines) is 1. The molecule has 1 saturated carbocycles. The largest absolute Gasteiger partial charge is 0.444 e. The van der Waals surface area contributed by atoms with Crippen molar-refractivity contribution in [1.82, 2.24) is 24.6 Å². The minimum Gasteiger partial charge on any atom is -0.444 e. The third-order valence-electron chi connectivity index (χ3n) is 8.09. The number of aliphatic hydroxyl groups is 1. The van der Waals surface area contributed by atoms with Gasteiger partial charge in [-0.3, -0.25) is 4.98 Å². The molecular formula is C31H35FN6O3. The molecule has 9 nitrogen and oxygen atoms in total. The van der Waals surface area contributed by atoms with E-state index in [9.17, 15) is 14.3 Å². The Hall–Kier alpha value is -4.05. The number of piperidine rings is 1. The van der Waals surface area contributed by atoms with Gasteiger partial charge in [0.05, 0.1) is 29.2 Å². The van der Waals surface area contributed by atoms with Crippen LogP contribution >= 0.6 is 0 Å². The molecule has 0 spiro atoms. The Morgan fingerprint density at radius 3 is 2.59 bits per heavy atom. The number of halogens is 1. The van der Waals surface area contributed by atoms with Crippen LogP contribution in [0.5, 0.6) is 0 Å². The standard InChI is InChI=1S/C31H35FN6O3/c1-30(2,3)41-29(40)37-13-8-21(9-14-37)31(11-12-31)27-7-4-20-18-33-28(17-26(20)34-27)35-25-6-5-23(16-24(25)32)38-15-10-22(19-39)36-38/h4-7,10,15-18,21,39H,8-9,11-14,19H2,1-3H3,(H,33,35). The van der Waals surface area contributed by atoms with Crippen molar-refractivity contribution in [3.63, 3.8) is 0 Å². The molecule has 10 heteroatoms. The Morgan fingerprint density at radius 2 is 1.93 bits per heavy atom. The fourth-order valence-corrected chi connectivity index (χ4v) is 5.79. The molecule has 0 atom stereocenters. The molecule has 3 aromatic heterocycles. The number of anilines is 2. The van der Waals surface area contributed by atoms with Gasteiger partial charge in [0, 0.05) is 54.1 Å². The van der Waals surface area contributed by atoms with Gasteiger partial charge >= 0.3 is 6.09 Å². The lowest BCUT2D eigenvalue weighted by atomic mass is 9.79. The van der Waals surface area contributed by atoms with Crippen LogP contribution in [0.15, 0.2) is 54.9 Å². The number of fused-ring (bicyclic) bond motifs is 1. The van der Waals surface area contributed by atoms with E-state index in [1.807, 2.05) is 31.7 Å². The van der Waals surface area contributed by atoms with Crippen molar-refractivity contribution in [3.8, 4) is 5.69 Å². The molecule has 2 N–H and O–H groups in total. The Kier molecular flexibility index (Phi) is 6.89. The lowest BCUT2D eigenvalue weighted by Crippen LogP contribution is -2.43. The maximum atomic E-state index is 15.0. The zero-order valence-corrected chi connectivity index (χ0v) is 23.6. The Bertz CT molecular complexity index is 1580. The van der Waals surface area contributed by atoms with E-state index < -0.39 is 11.4 Å². The van der Waals surface area contributed by atoms with Crippen molar-refractivity contribution in [3.05, 3.63) is 72.1 Å². The van der Waals surface area contributed by atoms with Gasteiger partial charge in [-0.25, -0.2) is 18.9 Å². The molecule has 1 aromatic carbocycles. The molecule has 2 aliphatic rings. The number of nitrogens with zero attached hydrogens (tertiary/aromatic N) is 5. The quantitative estimate of drug-likeness (QED) is 0.305. The van der Waals surface area contributed by atoms with E-state index in [4.69, 9.17) is 9.72 Å². The predicted octanol–water partition coefficient (Wildman–Crippen LogP) is 5.87. The summed E-state index contributed by atoms with van der Waals surface area (Å²) in [5.74, 6) is 0.522. The highest BCUT2D eigenvalue weighted by Gasteiger charge is 2.52. The van der Waals surface area contributed by atoms with Crippen molar-refractivity contribution in [1.29, 1.82) is 0 Å². The number of pyridine rings is 2. The van der Waals surface area contributed by atoms with E-state index in [-0.39, 0.29) is 18.1 Å². The predicted molar refractivity (Wildman–Crippen MR) is 154 cm³/mol. The number of rotatable bonds is 6. The van der Waals surface area contributed by atoms with Crippen LogP contribution in [-0.4, -0.2) is 54.5 Å². The average molecular weight is 559 g/mol. The van der Waals surface area contributed by atoms with E-state index in [0.29, 0.717) is 41.9 Å². The summed E-state index contributed by atoms with van der Waals surface area (Å²) in [4.78, 5) is 23.9. The summed E-state index contributed by atoms with van der Waals surface area (Å²) in [6.45, 7) is 6.89. The molecule has 1 aliphatic heterocycles. The SMILES string of the molecule is CC(C)(C)OC(=O)N1CCC(C2(c3ccc4cnc(Nc5ccc(-n6ccc(CO)n6)cc5F)cc4n3)CC2)CC1. The summed E-state index contributed by atoms with van der Waals surface area (Å²) in [7, 11) is 0. The number of nitrogens with one attached hydrogen (secondary N) is 1. The van der Waals surface area contributed by atoms with E-state index in [1.165, 1.54) is 10.7 Å². The Balaban J connectivity index is 1.17. The fourth-order valence-electron chi connectivity index (χ4n) is 5.79. The van der Waals surface area contributed by atoms with Gasteiger partial charge in [0.25, 0.3) is 0 Å². The van der Waals surface area contributed by atoms with Gasteiger partial charge in [-0.2, -0.15) is 5.10 Å². The van der Waals surface area contributed by atoms with Crippen LogP contribution in [0.25, 0.3) is 16.6 Å². The summed E-state index contributed by atoms with van der Waals surface area (Å²) in [6.07, 6.45) is 7.23. The van der Waals surface area contributed by atoms with Gasteiger partial charge in [0.1, 0.15) is 17.2 Å². The molecule has 0 bridgehead atoms. The normalized spacial score (nSPS) is 17.0. The van der Waals surface area contributed by atoms with Crippen LogP contribution in [-0.2, 0) is 16.8 Å². The highest BCUT2D eigenvalue weighted by Crippen LogP contribution is 2.56. The first-order valence-electron chi connectivity index (χ1n) is 14.1. The van der Waals surface area contributed by atoms with Gasteiger partial charge in [-0.1, -0.05) is 0 Å². The van der Waals surface area contributed by atoms with Crippen LogP contribution in [0, 0.1) is 11.7 Å². The number of carbonyl (C=O) groups excluding carboxylic acids is 1. The Labute approximate surface area is 238 Å². The summed E-state index contributed by atoms with van der Waals surface area (Å²) in [6, 6.07) is 12.5. The van der Waals surface area contributed by atoms with Gasteiger partial charge in [-0.15, -0.1) is 0 Å². The zero-order chi connectivity index (χ0) is 28.8. The van der Waals surface area contributed by atoms with E-state index in [2.05, 4.69) is 27.5 Å². The number of carbonyl (C=O) groups is 1. The molecule has 41 heavy (non-hydrogen) atoms. The molecule has 4 heterocycles. The summed E-state index contributed by atoms with van der Waals surface area (Å²) in [5.41, 5.74) is 2.79. The molecule has 1 amide bonds.